The maximum atomic E-state index is 4.06. The van der Waals surface area contributed by atoms with E-state index in [1.165, 1.54) is 24.8 Å². The van der Waals surface area contributed by atoms with Crippen molar-refractivity contribution in [1.29, 1.82) is 0 Å². The fourth-order valence-corrected chi connectivity index (χ4v) is 1.60. The summed E-state index contributed by atoms with van der Waals surface area (Å²) in [4.78, 5) is 0. The normalized spacial score (nSPS) is 19.8. The highest BCUT2D eigenvalue weighted by Crippen LogP contribution is 2.39. The molecule has 12 heavy (non-hydrogen) atoms. The molecule has 0 aromatic heterocycles. The second-order valence-corrected chi connectivity index (χ2v) is 3.99. The number of rotatable bonds is 5. The Balaban J connectivity index is 2.20. The first-order valence-corrected chi connectivity index (χ1v) is 5.08. The summed E-state index contributed by atoms with van der Waals surface area (Å²) >= 11 is 0. The lowest BCUT2D eigenvalue weighted by atomic mass is 9.97. The largest absolute Gasteiger partial charge is 0.0958 e. The van der Waals surface area contributed by atoms with Gasteiger partial charge in [-0.05, 0) is 37.5 Å². The van der Waals surface area contributed by atoms with Crippen LogP contribution in [0.15, 0.2) is 24.3 Å². The zero-order valence-corrected chi connectivity index (χ0v) is 8.34. The van der Waals surface area contributed by atoms with E-state index >= 15 is 0 Å². The SMILES string of the molecule is C=C(C=CCC)CC(C)C1CC1. The van der Waals surface area contributed by atoms with Crippen molar-refractivity contribution in [2.75, 3.05) is 0 Å². The molecule has 1 aliphatic carbocycles. The van der Waals surface area contributed by atoms with Gasteiger partial charge in [0, 0.05) is 0 Å². The van der Waals surface area contributed by atoms with E-state index in [0.29, 0.717) is 0 Å². The van der Waals surface area contributed by atoms with Crippen LogP contribution in [0.3, 0.4) is 0 Å². The third-order valence-electron chi connectivity index (χ3n) is 2.60. The van der Waals surface area contributed by atoms with Gasteiger partial charge in [0.2, 0.25) is 0 Å². The average molecular weight is 164 g/mol. The van der Waals surface area contributed by atoms with E-state index in [4.69, 9.17) is 0 Å². The molecule has 1 saturated carbocycles. The first kappa shape index (κ1) is 9.57. The van der Waals surface area contributed by atoms with Crippen molar-refractivity contribution in [3.8, 4) is 0 Å². The van der Waals surface area contributed by atoms with E-state index in [-0.39, 0.29) is 0 Å². The molecule has 0 aromatic rings. The second kappa shape index (κ2) is 4.49. The van der Waals surface area contributed by atoms with E-state index in [1.54, 1.807) is 0 Å². The van der Waals surface area contributed by atoms with Crippen LogP contribution in [0, 0.1) is 11.8 Å². The minimum absolute atomic E-state index is 0.860. The minimum atomic E-state index is 0.860. The molecule has 0 radical (unpaired) electrons. The summed E-state index contributed by atoms with van der Waals surface area (Å²) in [6.45, 7) is 8.57. The molecular weight excluding hydrogens is 144 g/mol. The lowest BCUT2D eigenvalue weighted by Gasteiger charge is -2.08. The monoisotopic (exact) mass is 164 g/mol. The van der Waals surface area contributed by atoms with Gasteiger partial charge in [-0.25, -0.2) is 0 Å². The Labute approximate surface area is 76.4 Å². The first-order chi connectivity index (χ1) is 5.74. The zero-order chi connectivity index (χ0) is 8.97. The summed E-state index contributed by atoms with van der Waals surface area (Å²) in [5.41, 5.74) is 1.30. The third-order valence-corrected chi connectivity index (χ3v) is 2.60. The van der Waals surface area contributed by atoms with Crippen molar-refractivity contribution in [2.24, 2.45) is 11.8 Å². The lowest BCUT2D eigenvalue weighted by Crippen LogP contribution is -1.97. The summed E-state index contributed by atoms with van der Waals surface area (Å²) < 4.78 is 0. The molecule has 0 nitrogen and oxygen atoms in total. The van der Waals surface area contributed by atoms with E-state index in [0.717, 1.165) is 18.3 Å². The van der Waals surface area contributed by atoms with Gasteiger partial charge in [-0.2, -0.15) is 0 Å². The van der Waals surface area contributed by atoms with E-state index in [1.807, 2.05) is 0 Å². The molecule has 0 heteroatoms. The maximum absolute atomic E-state index is 4.06. The third kappa shape index (κ3) is 3.25. The number of hydrogen-bond donors (Lipinski definition) is 0. The molecule has 0 N–H and O–H groups in total. The standard InChI is InChI=1S/C12H20/c1-4-5-6-10(2)9-11(3)12-7-8-12/h5-6,11-12H,2,4,7-9H2,1,3H3. The molecule has 1 aliphatic rings. The van der Waals surface area contributed by atoms with Crippen LogP contribution >= 0.6 is 0 Å². The quantitative estimate of drug-likeness (QED) is 0.540. The fraction of sp³-hybridized carbons (Fsp3) is 0.667. The Kier molecular flexibility index (Phi) is 3.58. The average Bonchev–Trinajstić information content (AvgIpc) is 2.82. The number of allylic oxidation sites excluding steroid dienone is 3. The predicted octanol–water partition coefficient (Wildman–Crippen LogP) is 3.95. The van der Waals surface area contributed by atoms with Crippen molar-refractivity contribution >= 4 is 0 Å². The second-order valence-electron chi connectivity index (χ2n) is 3.99. The molecule has 1 atom stereocenters. The van der Waals surface area contributed by atoms with Crippen LogP contribution in [0.1, 0.15) is 39.5 Å². The molecule has 1 rings (SSSR count). The molecule has 0 amide bonds. The molecule has 0 aromatic carbocycles. The summed E-state index contributed by atoms with van der Waals surface area (Å²) in [5.74, 6) is 1.87. The van der Waals surface area contributed by atoms with Gasteiger partial charge in [0.05, 0.1) is 0 Å². The smallest absolute Gasteiger partial charge is 0.0256 e. The van der Waals surface area contributed by atoms with E-state index in [2.05, 4.69) is 32.6 Å². The van der Waals surface area contributed by atoms with Crippen molar-refractivity contribution in [2.45, 2.75) is 39.5 Å². The van der Waals surface area contributed by atoms with Gasteiger partial charge < -0.3 is 0 Å². The van der Waals surface area contributed by atoms with Gasteiger partial charge in [-0.15, -0.1) is 0 Å². The van der Waals surface area contributed by atoms with Crippen LogP contribution in [0.2, 0.25) is 0 Å². The van der Waals surface area contributed by atoms with Crippen molar-refractivity contribution in [1.82, 2.24) is 0 Å². The van der Waals surface area contributed by atoms with Gasteiger partial charge in [-0.3, -0.25) is 0 Å². The van der Waals surface area contributed by atoms with Gasteiger partial charge >= 0.3 is 0 Å². The highest BCUT2D eigenvalue weighted by Gasteiger charge is 2.27. The summed E-state index contributed by atoms with van der Waals surface area (Å²) in [6, 6.07) is 0. The first-order valence-electron chi connectivity index (χ1n) is 5.08. The molecule has 68 valence electrons. The highest BCUT2D eigenvalue weighted by molar-refractivity contribution is 5.15. The van der Waals surface area contributed by atoms with Crippen LogP contribution in [0.25, 0.3) is 0 Å². The van der Waals surface area contributed by atoms with E-state index < -0.39 is 0 Å². The molecule has 1 unspecified atom stereocenters. The minimum Gasteiger partial charge on any atom is -0.0958 e. The maximum Gasteiger partial charge on any atom is -0.0256 e. The van der Waals surface area contributed by atoms with Gasteiger partial charge in [0.1, 0.15) is 0 Å². The van der Waals surface area contributed by atoms with Crippen LogP contribution in [-0.4, -0.2) is 0 Å². The predicted molar refractivity (Wildman–Crippen MR) is 55.1 cm³/mol. The van der Waals surface area contributed by atoms with Crippen LogP contribution in [-0.2, 0) is 0 Å². The Morgan fingerprint density at radius 3 is 2.75 bits per heavy atom. The van der Waals surface area contributed by atoms with Crippen molar-refractivity contribution in [3.05, 3.63) is 24.3 Å². The fourth-order valence-electron chi connectivity index (χ4n) is 1.60. The molecular formula is C12H20. The van der Waals surface area contributed by atoms with Gasteiger partial charge in [0.25, 0.3) is 0 Å². The zero-order valence-electron chi connectivity index (χ0n) is 8.34. The summed E-state index contributed by atoms with van der Waals surface area (Å²) in [5, 5.41) is 0. The van der Waals surface area contributed by atoms with Gasteiger partial charge in [-0.1, -0.05) is 38.2 Å². The molecule has 1 fully saturated rings. The molecule has 0 bridgehead atoms. The van der Waals surface area contributed by atoms with Crippen molar-refractivity contribution < 1.29 is 0 Å². The topological polar surface area (TPSA) is 0 Å². The molecule has 0 spiro atoms. The van der Waals surface area contributed by atoms with Crippen molar-refractivity contribution in [3.63, 3.8) is 0 Å². The van der Waals surface area contributed by atoms with Crippen LogP contribution in [0.5, 0.6) is 0 Å². The Hall–Kier alpha value is -0.520. The lowest BCUT2D eigenvalue weighted by molar-refractivity contribution is 0.509. The highest BCUT2D eigenvalue weighted by atomic mass is 14.3. The Morgan fingerprint density at radius 1 is 1.58 bits per heavy atom. The Bertz CT molecular complexity index is 172. The van der Waals surface area contributed by atoms with Crippen LogP contribution in [0.4, 0.5) is 0 Å². The van der Waals surface area contributed by atoms with Gasteiger partial charge in [0.15, 0.2) is 0 Å². The van der Waals surface area contributed by atoms with E-state index in [9.17, 15) is 0 Å². The Morgan fingerprint density at radius 2 is 2.25 bits per heavy atom. The molecule has 0 heterocycles. The molecule has 0 saturated heterocycles. The summed E-state index contributed by atoms with van der Waals surface area (Å²) in [7, 11) is 0. The molecule has 0 aliphatic heterocycles. The van der Waals surface area contributed by atoms with Crippen LogP contribution < -0.4 is 0 Å². The number of hydrogen-bond acceptors (Lipinski definition) is 0. The summed E-state index contributed by atoms with van der Waals surface area (Å²) in [6.07, 6.45) is 9.59.